The van der Waals surface area contributed by atoms with Crippen LogP contribution in [-0.2, 0) is 61.5 Å². The summed E-state index contributed by atoms with van der Waals surface area (Å²) in [5, 5.41) is 0. The standard InChI is InChI=1S/C41H42O6/c1-6-16-32(17-7-1)26-42-31-37(43-27-33-18-8-2-9-19-33)38-39(44-28-34-20-10-3-11-21-34)40(45-29-35-22-12-4-13-23-35)41(47-38)46-30-36-24-14-5-15-25-36/h1-25,37-41H,26-31H2. The molecule has 5 aromatic rings. The third kappa shape index (κ3) is 9.92. The molecule has 1 heterocycles. The summed E-state index contributed by atoms with van der Waals surface area (Å²) in [6.45, 7) is 2.30. The van der Waals surface area contributed by atoms with Crippen LogP contribution < -0.4 is 0 Å². The third-order valence-corrected chi connectivity index (χ3v) is 8.10. The van der Waals surface area contributed by atoms with Gasteiger partial charge in [-0.05, 0) is 27.8 Å². The van der Waals surface area contributed by atoms with Gasteiger partial charge in [-0.15, -0.1) is 0 Å². The van der Waals surface area contributed by atoms with Crippen LogP contribution in [0.5, 0.6) is 0 Å². The predicted molar refractivity (Wildman–Crippen MR) is 181 cm³/mol. The van der Waals surface area contributed by atoms with Crippen LogP contribution in [0.2, 0.25) is 0 Å². The summed E-state index contributed by atoms with van der Waals surface area (Å²) in [5.74, 6) is 0. The van der Waals surface area contributed by atoms with Crippen molar-refractivity contribution < 1.29 is 28.4 Å². The first-order valence-corrected chi connectivity index (χ1v) is 16.2. The second-order valence-electron chi connectivity index (χ2n) is 11.6. The summed E-state index contributed by atoms with van der Waals surface area (Å²) in [6, 6.07) is 50.6. The molecule has 5 atom stereocenters. The highest BCUT2D eigenvalue weighted by Crippen LogP contribution is 2.33. The lowest BCUT2D eigenvalue weighted by molar-refractivity contribution is -0.202. The summed E-state index contributed by atoms with van der Waals surface area (Å²) in [4.78, 5) is 0. The number of benzene rings is 5. The maximum Gasteiger partial charge on any atom is 0.187 e. The van der Waals surface area contributed by atoms with Gasteiger partial charge in [0.1, 0.15) is 24.4 Å². The quantitative estimate of drug-likeness (QED) is 0.104. The third-order valence-electron chi connectivity index (χ3n) is 8.10. The fraction of sp³-hybridized carbons (Fsp3) is 0.268. The molecule has 5 aromatic carbocycles. The van der Waals surface area contributed by atoms with E-state index in [1.165, 1.54) is 0 Å². The fourth-order valence-electron chi connectivity index (χ4n) is 5.62. The van der Waals surface area contributed by atoms with E-state index in [2.05, 4.69) is 48.5 Å². The summed E-state index contributed by atoms with van der Waals surface area (Å²) < 4.78 is 39.5. The maximum absolute atomic E-state index is 6.76. The molecule has 1 aliphatic rings. The fourth-order valence-corrected chi connectivity index (χ4v) is 5.62. The molecule has 0 aromatic heterocycles. The number of ether oxygens (including phenoxy) is 6. The zero-order chi connectivity index (χ0) is 31.9. The smallest absolute Gasteiger partial charge is 0.187 e. The van der Waals surface area contributed by atoms with E-state index in [0.717, 1.165) is 27.8 Å². The van der Waals surface area contributed by atoms with E-state index in [-0.39, 0.29) is 0 Å². The molecule has 6 nitrogen and oxygen atoms in total. The van der Waals surface area contributed by atoms with Crippen LogP contribution in [0, 0.1) is 0 Å². The molecule has 0 aliphatic carbocycles. The monoisotopic (exact) mass is 630 g/mol. The predicted octanol–water partition coefficient (Wildman–Crippen LogP) is 7.90. The van der Waals surface area contributed by atoms with E-state index in [1.54, 1.807) is 0 Å². The maximum atomic E-state index is 6.76. The highest BCUT2D eigenvalue weighted by Gasteiger charge is 2.50. The number of hydrogen-bond acceptors (Lipinski definition) is 6. The molecule has 0 saturated carbocycles. The van der Waals surface area contributed by atoms with E-state index in [0.29, 0.717) is 39.6 Å². The highest BCUT2D eigenvalue weighted by atomic mass is 16.7. The van der Waals surface area contributed by atoms with E-state index in [4.69, 9.17) is 28.4 Å². The average molecular weight is 631 g/mol. The van der Waals surface area contributed by atoms with Crippen molar-refractivity contribution in [3.63, 3.8) is 0 Å². The molecular weight excluding hydrogens is 588 g/mol. The lowest BCUT2D eigenvalue weighted by atomic mass is 10.0. The van der Waals surface area contributed by atoms with Gasteiger partial charge < -0.3 is 28.4 Å². The Morgan fingerprint density at radius 2 is 0.809 bits per heavy atom. The van der Waals surface area contributed by atoms with E-state index >= 15 is 0 Å². The molecule has 0 amide bonds. The zero-order valence-electron chi connectivity index (χ0n) is 26.5. The molecule has 47 heavy (non-hydrogen) atoms. The van der Waals surface area contributed by atoms with E-state index < -0.39 is 30.7 Å². The van der Waals surface area contributed by atoms with Gasteiger partial charge in [0.15, 0.2) is 6.29 Å². The molecule has 1 saturated heterocycles. The van der Waals surface area contributed by atoms with Gasteiger partial charge in [0, 0.05) is 0 Å². The molecule has 6 rings (SSSR count). The molecule has 5 unspecified atom stereocenters. The van der Waals surface area contributed by atoms with Gasteiger partial charge >= 0.3 is 0 Å². The van der Waals surface area contributed by atoms with Gasteiger partial charge in [0.05, 0.1) is 39.6 Å². The number of hydrogen-bond donors (Lipinski definition) is 0. The minimum atomic E-state index is -0.693. The van der Waals surface area contributed by atoms with Crippen molar-refractivity contribution in [3.8, 4) is 0 Å². The van der Waals surface area contributed by atoms with Crippen LogP contribution in [0.25, 0.3) is 0 Å². The van der Waals surface area contributed by atoms with Gasteiger partial charge in [0.25, 0.3) is 0 Å². The molecule has 1 aliphatic heterocycles. The Hall–Kier alpha value is -4.14. The second kappa shape index (κ2) is 17.7. The topological polar surface area (TPSA) is 55.4 Å². The van der Waals surface area contributed by atoms with Crippen molar-refractivity contribution in [2.75, 3.05) is 6.61 Å². The second-order valence-corrected chi connectivity index (χ2v) is 11.6. The lowest BCUT2D eigenvalue weighted by Gasteiger charge is -2.29. The number of rotatable bonds is 17. The summed E-state index contributed by atoms with van der Waals surface area (Å²) in [7, 11) is 0. The SMILES string of the molecule is c1ccc(COCC(OCc2ccccc2)C2OC(OCc3ccccc3)C(OCc3ccccc3)C2OCc2ccccc2)cc1. The first-order chi connectivity index (χ1) is 23.3. The molecule has 0 bridgehead atoms. The van der Waals surface area contributed by atoms with Crippen LogP contribution in [-0.4, -0.2) is 37.3 Å². The van der Waals surface area contributed by atoms with Crippen molar-refractivity contribution >= 4 is 0 Å². The Morgan fingerprint density at radius 3 is 1.28 bits per heavy atom. The van der Waals surface area contributed by atoms with Crippen LogP contribution in [0.3, 0.4) is 0 Å². The summed E-state index contributed by atoms with van der Waals surface area (Å²) in [6.07, 6.45) is -2.71. The van der Waals surface area contributed by atoms with Crippen molar-refractivity contribution in [2.24, 2.45) is 0 Å². The summed E-state index contributed by atoms with van der Waals surface area (Å²) in [5.41, 5.74) is 5.32. The molecule has 1 fully saturated rings. The van der Waals surface area contributed by atoms with Gasteiger partial charge in [-0.1, -0.05) is 152 Å². The van der Waals surface area contributed by atoms with Crippen LogP contribution in [0.1, 0.15) is 27.8 Å². The normalized spacial score (nSPS) is 19.8. The Balaban J connectivity index is 1.26. The minimum Gasteiger partial charge on any atom is -0.374 e. The molecule has 242 valence electrons. The van der Waals surface area contributed by atoms with Gasteiger partial charge in [-0.2, -0.15) is 0 Å². The zero-order valence-corrected chi connectivity index (χ0v) is 26.5. The van der Waals surface area contributed by atoms with Crippen LogP contribution >= 0.6 is 0 Å². The van der Waals surface area contributed by atoms with Crippen molar-refractivity contribution in [3.05, 3.63) is 179 Å². The largest absolute Gasteiger partial charge is 0.374 e. The van der Waals surface area contributed by atoms with Gasteiger partial charge in [-0.3, -0.25) is 0 Å². The molecule has 0 N–H and O–H groups in total. The van der Waals surface area contributed by atoms with Gasteiger partial charge in [-0.25, -0.2) is 0 Å². The van der Waals surface area contributed by atoms with Crippen LogP contribution in [0.15, 0.2) is 152 Å². The Bertz CT molecular complexity index is 1550. The first kappa shape index (κ1) is 32.8. The van der Waals surface area contributed by atoms with E-state index in [1.807, 2.05) is 103 Å². The lowest BCUT2D eigenvalue weighted by Crippen LogP contribution is -2.45. The molecular formula is C41H42O6. The molecule has 0 radical (unpaired) electrons. The van der Waals surface area contributed by atoms with Gasteiger partial charge in [0.2, 0.25) is 0 Å². The first-order valence-electron chi connectivity index (χ1n) is 16.2. The summed E-state index contributed by atoms with van der Waals surface area (Å²) >= 11 is 0. The Kier molecular flexibility index (Phi) is 12.3. The van der Waals surface area contributed by atoms with Crippen LogP contribution in [0.4, 0.5) is 0 Å². The average Bonchev–Trinajstić information content (AvgIpc) is 3.49. The highest BCUT2D eigenvalue weighted by molar-refractivity contribution is 5.17. The Labute approximate surface area is 277 Å². The van der Waals surface area contributed by atoms with E-state index in [9.17, 15) is 0 Å². The van der Waals surface area contributed by atoms with Crippen molar-refractivity contribution in [2.45, 2.75) is 63.7 Å². The molecule has 0 spiro atoms. The van der Waals surface area contributed by atoms with Crippen molar-refractivity contribution in [1.82, 2.24) is 0 Å². The Morgan fingerprint density at radius 1 is 0.426 bits per heavy atom. The minimum absolute atomic E-state index is 0.300. The van der Waals surface area contributed by atoms with Crippen molar-refractivity contribution in [1.29, 1.82) is 0 Å². The molecule has 6 heteroatoms.